The highest BCUT2D eigenvalue weighted by molar-refractivity contribution is 6.30. The van der Waals surface area contributed by atoms with Gasteiger partial charge in [0.05, 0.1) is 12.0 Å². The Labute approximate surface area is 112 Å². The van der Waals surface area contributed by atoms with E-state index in [1.54, 1.807) is 0 Å². The van der Waals surface area contributed by atoms with Crippen LogP contribution in [0.25, 0.3) is 0 Å². The molecule has 1 aromatic rings. The van der Waals surface area contributed by atoms with Crippen LogP contribution in [0.4, 0.5) is 0 Å². The third-order valence-electron chi connectivity index (χ3n) is 3.53. The van der Waals surface area contributed by atoms with Gasteiger partial charge in [-0.1, -0.05) is 23.7 Å². The molecule has 1 aliphatic heterocycles. The number of hydrogen-bond donors (Lipinski definition) is 2. The van der Waals surface area contributed by atoms with Crippen molar-refractivity contribution >= 4 is 17.6 Å². The second kappa shape index (κ2) is 5.26. The van der Waals surface area contributed by atoms with Crippen molar-refractivity contribution in [1.29, 1.82) is 0 Å². The summed E-state index contributed by atoms with van der Waals surface area (Å²) in [5.74, 6) is -0.751. The molecule has 0 unspecified atom stereocenters. The maximum absolute atomic E-state index is 10.9. The standard InChI is InChI=1S/C13H17ClN2O2/c1-16(7-10-2-4-11(14)5-3-10)13(6-12(17)18)8-15-9-13/h2-5,15H,6-9H2,1H3,(H,17,18). The van der Waals surface area contributed by atoms with Crippen molar-refractivity contribution in [1.82, 2.24) is 10.2 Å². The van der Waals surface area contributed by atoms with Crippen LogP contribution in [-0.4, -0.2) is 41.7 Å². The van der Waals surface area contributed by atoms with E-state index in [2.05, 4.69) is 10.2 Å². The molecule has 98 valence electrons. The van der Waals surface area contributed by atoms with E-state index in [9.17, 15) is 4.79 Å². The fourth-order valence-corrected chi connectivity index (χ4v) is 2.38. The van der Waals surface area contributed by atoms with Crippen LogP contribution in [0, 0.1) is 0 Å². The van der Waals surface area contributed by atoms with Gasteiger partial charge >= 0.3 is 5.97 Å². The van der Waals surface area contributed by atoms with Gasteiger partial charge in [0.2, 0.25) is 0 Å². The van der Waals surface area contributed by atoms with E-state index >= 15 is 0 Å². The number of carboxylic acid groups (broad SMARTS) is 1. The highest BCUT2D eigenvalue weighted by Gasteiger charge is 2.42. The number of aliphatic carboxylic acids is 1. The Kier molecular flexibility index (Phi) is 3.90. The number of carbonyl (C=O) groups is 1. The van der Waals surface area contributed by atoms with Crippen LogP contribution in [0.2, 0.25) is 5.02 Å². The first kappa shape index (κ1) is 13.3. The van der Waals surface area contributed by atoms with Crippen molar-refractivity contribution in [3.8, 4) is 0 Å². The van der Waals surface area contributed by atoms with Gasteiger partial charge in [-0.05, 0) is 24.7 Å². The Bertz CT molecular complexity index is 429. The topological polar surface area (TPSA) is 52.6 Å². The molecule has 2 rings (SSSR count). The van der Waals surface area contributed by atoms with E-state index in [1.165, 1.54) is 0 Å². The third kappa shape index (κ3) is 2.83. The Balaban J connectivity index is 2.03. The third-order valence-corrected chi connectivity index (χ3v) is 3.78. The van der Waals surface area contributed by atoms with Crippen LogP contribution < -0.4 is 5.32 Å². The van der Waals surface area contributed by atoms with Gasteiger partial charge in [0, 0.05) is 24.7 Å². The number of halogens is 1. The second-order valence-corrected chi connectivity index (χ2v) is 5.32. The van der Waals surface area contributed by atoms with Gasteiger partial charge in [-0.3, -0.25) is 9.69 Å². The zero-order chi connectivity index (χ0) is 13.2. The summed E-state index contributed by atoms with van der Waals surface area (Å²) in [5, 5.41) is 12.9. The van der Waals surface area contributed by atoms with Gasteiger partial charge in [0.1, 0.15) is 0 Å². The Morgan fingerprint density at radius 2 is 2.06 bits per heavy atom. The van der Waals surface area contributed by atoms with Crippen LogP contribution >= 0.6 is 11.6 Å². The molecule has 18 heavy (non-hydrogen) atoms. The highest BCUT2D eigenvalue weighted by atomic mass is 35.5. The molecule has 1 fully saturated rings. The lowest BCUT2D eigenvalue weighted by Gasteiger charge is -2.48. The number of likely N-dealkylation sites (N-methyl/N-ethyl adjacent to an activating group) is 1. The smallest absolute Gasteiger partial charge is 0.305 e. The summed E-state index contributed by atoms with van der Waals surface area (Å²) in [6.07, 6.45) is 0.171. The van der Waals surface area contributed by atoms with E-state index in [4.69, 9.17) is 16.7 Å². The quantitative estimate of drug-likeness (QED) is 0.852. The molecule has 0 amide bonds. The van der Waals surface area contributed by atoms with E-state index < -0.39 is 5.97 Å². The molecule has 1 saturated heterocycles. The van der Waals surface area contributed by atoms with Gasteiger partial charge < -0.3 is 10.4 Å². The van der Waals surface area contributed by atoms with Crippen LogP contribution in [0.5, 0.6) is 0 Å². The molecule has 2 N–H and O–H groups in total. The van der Waals surface area contributed by atoms with Gasteiger partial charge in [-0.15, -0.1) is 0 Å². The van der Waals surface area contributed by atoms with Gasteiger partial charge in [-0.25, -0.2) is 0 Å². The predicted molar refractivity (Wildman–Crippen MR) is 70.8 cm³/mol. The minimum atomic E-state index is -0.751. The minimum Gasteiger partial charge on any atom is -0.481 e. The van der Waals surface area contributed by atoms with Crippen molar-refractivity contribution in [2.75, 3.05) is 20.1 Å². The molecule has 0 bridgehead atoms. The zero-order valence-electron chi connectivity index (χ0n) is 10.3. The van der Waals surface area contributed by atoms with Crippen LogP contribution in [0.15, 0.2) is 24.3 Å². The first-order valence-corrected chi connectivity index (χ1v) is 6.28. The number of hydrogen-bond acceptors (Lipinski definition) is 3. The van der Waals surface area contributed by atoms with Gasteiger partial charge in [0.15, 0.2) is 0 Å². The molecule has 1 heterocycles. The first-order chi connectivity index (χ1) is 8.52. The molecule has 0 spiro atoms. The summed E-state index contributed by atoms with van der Waals surface area (Å²) in [6, 6.07) is 7.65. The van der Waals surface area contributed by atoms with E-state index in [-0.39, 0.29) is 12.0 Å². The van der Waals surface area contributed by atoms with Crippen LogP contribution in [0.1, 0.15) is 12.0 Å². The SMILES string of the molecule is CN(Cc1ccc(Cl)cc1)C1(CC(=O)O)CNC1. The molecular formula is C13H17ClN2O2. The number of carboxylic acids is 1. The minimum absolute atomic E-state index is 0.171. The second-order valence-electron chi connectivity index (χ2n) is 4.88. The van der Waals surface area contributed by atoms with E-state index in [0.29, 0.717) is 5.02 Å². The monoisotopic (exact) mass is 268 g/mol. The lowest BCUT2D eigenvalue weighted by molar-refractivity contribution is -0.141. The van der Waals surface area contributed by atoms with E-state index in [0.717, 1.165) is 25.2 Å². The van der Waals surface area contributed by atoms with Crippen molar-refractivity contribution < 1.29 is 9.90 Å². The predicted octanol–water partition coefficient (Wildman–Crippen LogP) is 1.59. The molecule has 0 atom stereocenters. The molecule has 0 aromatic heterocycles. The molecule has 5 heteroatoms. The van der Waals surface area contributed by atoms with Gasteiger partial charge in [0.25, 0.3) is 0 Å². The van der Waals surface area contributed by atoms with E-state index in [1.807, 2.05) is 31.3 Å². The zero-order valence-corrected chi connectivity index (χ0v) is 11.1. The maximum Gasteiger partial charge on any atom is 0.305 e. The summed E-state index contributed by atoms with van der Waals surface area (Å²) in [4.78, 5) is 13.0. The molecule has 0 aliphatic carbocycles. The van der Waals surface area contributed by atoms with Gasteiger partial charge in [-0.2, -0.15) is 0 Å². The summed E-state index contributed by atoms with van der Waals surface area (Å²) < 4.78 is 0. The highest BCUT2D eigenvalue weighted by Crippen LogP contribution is 2.25. The Morgan fingerprint density at radius 1 is 1.44 bits per heavy atom. The van der Waals surface area contributed by atoms with Crippen molar-refractivity contribution in [2.24, 2.45) is 0 Å². The molecule has 1 aliphatic rings. The average molecular weight is 269 g/mol. The molecule has 0 radical (unpaired) electrons. The molecular weight excluding hydrogens is 252 g/mol. The van der Waals surface area contributed by atoms with Crippen LogP contribution in [0.3, 0.4) is 0 Å². The number of nitrogens with zero attached hydrogens (tertiary/aromatic N) is 1. The largest absolute Gasteiger partial charge is 0.481 e. The summed E-state index contributed by atoms with van der Waals surface area (Å²) in [7, 11) is 1.97. The fourth-order valence-electron chi connectivity index (χ4n) is 2.26. The number of benzene rings is 1. The summed E-state index contributed by atoms with van der Waals surface area (Å²) >= 11 is 5.84. The number of rotatable bonds is 5. The summed E-state index contributed by atoms with van der Waals surface area (Å²) in [5.41, 5.74) is 0.879. The molecule has 4 nitrogen and oxygen atoms in total. The van der Waals surface area contributed by atoms with Crippen molar-refractivity contribution in [3.63, 3.8) is 0 Å². The number of nitrogens with one attached hydrogen (secondary N) is 1. The molecule has 1 aromatic carbocycles. The van der Waals surface area contributed by atoms with Crippen molar-refractivity contribution in [3.05, 3.63) is 34.9 Å². The van der Waals surface area contributed by atoms with Crippen molar-refractivity contribution in [2.45, 2.75) is 18.5 Å². The maximum atomic E-state index is 10.9. The lowest BCUT2D eigenvalue weighted by atomic mass is 9.86. The average Bonchev–Trinajstić information content (AvgIpc) is 2.26. The normalized spacial score (nSPS) is 17.5. The lowest BCUT2D eigenvalue weighted by Crippen LogP contribution is -2.68. The first-order valence-electron chi connectivity index (χ1n) is 5.90. The summed E-state index contributed by atoms with van der Waals surface area (Å²) in [6.45, 7) is 2.18. The Morgan fingerprint density at radius 3 is 2.50 bits per heavy atom. The fraction of sp³-hybridized carbons (Fsp3) is 0.462. The Hall–Kier alpha value is -1.10. The van der Waals surface area contributed by atoms with Crippen LogP contribution in [-0.2, 0) is 11.3 Å². The molecule has 0 saturated carbocycles.